The zero-order chi connectivity index (χ0) is 19.8. The van der Waals surface area contributed by atoms with E-state index in [1.807, 2.05) is 6.92 Å². The number of amides is 1. The van der Waals surface area contributed by atoms with E-state index in [2.05, 4.69) is 9.97 Å². The van der Waals surface area contributed by atoms with Crippen molar-refractivity contribution >= 4 is 17.4 Å². The van der Waals surface area contributed by atoms with Gasteiger partial charge < -0.3 is 19.5 Å². The third kappa shape index (κ3) is 3.37. The van der Waals surface area contributed by atoms with E-state index < -0.39 is 11.4 Å². The summed E-state index contributed by atoms with van der Waals surface area (Å²) in [4.78, 5) is 34.7. The number of H-pyrrole nitrogens is 1. The predicted molar refractivity (Wildman–Crippen MR) is 98.6 cm³/mol. The topological polar surface area (TPSA) is 78.5 Å². The van der Waals surface area contributed by atoms with Gasteiger partial charge in [0.1, 0.15) is 11.6 Å². The molecule has 1 amide bonds. The molecule has 2 aliphatic rings. The Bertz CT molecular complexity index is 972. The number of aromatic amines is 1. The average molecular weight is 390 g/mol. The van der Waals surface area contributed by atoms with E-state index in [1.165, 1.54) is 12.1 Å². The molecule has 3 heterocycles. The van der Waals surface area contributed by atoms with E-state index in [9.17, 15) is 18.4 Å². The molecule has 1 atom stereocenters. The lowest BCUT2D eigenvalue weighted by atomic mass is 10.1. The fourth-order valence-corrected chi connectivity index (χ4v) is 3.77. The van der Waals surface area contributed by atoms with Crippen LogP contribution < -0.4 is 15.4 Å². The Hall–Kier alpha value is -2.81. The van der Waals surface area contributed by atoms with Crippen molar-refractivity contribution in [3.05, 3.63) is 51.6 Å². The van der Waals surface area contributed by atoms with Crippen molar-refractivity contribution in [3.8, 4) is 0 Å². The monoisotopic (exact) mass is 390 g/mol. The summed E-state index contributed by atoms with van der Waals surface area (Å²) in [6, 6.07) is 4.17. The van der Waals surface area contributed by atoms with Gasteiger partial charge in [0.05, 0.1) is 19.6 Å². The van der Waals surface area contributed by atoms with Gasteiger partial charge in [-0.3, -0.25) is 9.59 Å². The van der Waals surface area contributed by atoms with E-state index in [1.54, 1.807) is 15.9 Å². The standard InChI is InChI=1S/C19H20F2N4O3/c1-11-8-12-9-13(20)2-3-14(12)25(11)16(26)10-15-22-18(17(21)19(27)23-15)24-4-6-28-7-5-24/h2-3,9,11H,4-8,10H2,1H3,(H,22,23,27)/t11-/m0/s1. The van der Waals surface area contributed by atoms with Crippen LogP contribution in [-0.4, -0.2) is 48.2 Å². The Labute approximate surface area is 159 Å². The highest BCUT2D eigenvalue weighted by Crippen LogP contribution is 2.33. The third-order valence-electron chi connectivity index (χ3n) is 5.05. The first-order valence-electron chi connectivity index (χ1n) is 9.16. The highest BCUT2D eigenvalue weighted by molar-refractivity contribution is 5.97. The predicted octanol–water partition coefficient (Wildman–Crippen LogP) is 1.40. The van der Waals surface area contributed by atoms with Crippen molar-refractivity contribution < 1.29 is 18.3 Å². The number of aromatic nitrogens is 2. The van der Waals surface area contributed by atoms with Crippen LogP contribution in [-0.2, 0) is 22.4 Å². The smallest absolute Gasteiger partial charge is 0.289 e. The number of morpholine rings is 1. The van der Waals surface area contributed by atoms with Gasteiger partial charge in [0.2, 0.25) is 11.7 Å². The molecule has 1 aromatic carbocycles. The zero-order valence-corrected chi connectivity index (χ0v) is 15.4. The molecule has 2 aliphatic heterocycles. The van der Waals surface area contributed by atoms with E-state index in [-0.39, 0.29) is 35.8 Å². The van der Waals surface area contributed by atoms with Crippen molar-refractivity contribution in [2.75, 3.05) is 36.1 Å². The maximum atomic E-state index is 14.3. The lowest BCUT2D eigenvalue weighted by Gasteiger charge is -2.28. The Balaban J connectivity index is 1.60. The van der Waals surface area contributed by atoms with Crippen LogP contribution in [0.15, 0.2) is 23.0 Å². The summed E-state index contributed by atoms with van der Waals surface area (Å²) in [6.07, 6.45) is 0.360. The van der Waals surface area contributed by atoms with Crippen LogP contribution in [0, 0.1) is 11.6 Å². The summed E-state index contributed by atoms with van der Waals surface area (Å²) in [5.41, 5.74) is 0.503. The summed E-state index contributed by atoms with van der Waals surface area (Å²) in [5.74, 6) is -1.57. The molecule has 1 saturated heterocycles. The molecule has 9 heteroatoms. The fraction of sp³-hybridized carbons (Fsp3) is 0.421. The summed E-state index contributed by atoms with van der Waals surface area (Å²) < 4.78 is 33.0. The van der Waals surface area contributed by atoms with Gasteiger partial charge in [-0.1, -0.05) is 0 Å². The number of hydrogen-bond donors (Lipinski definition) is 1. The first kappa shape index (κ1) is 18.5. The van der Waals surface area contributed by atoms with E-state index >= 15 is 0 Å². The van der Waals surface area contributed by atoms with Crippen molar-refractivity contribution in [2.45, 2.75) is 25.8 Å². The van der Waals surface area contributed by atoms with Crippen molar-refractivity contribution in [1.29, 1.82) is 0 Å². The van der Waals surface area contributed by atoms with Gasteiger partial charge in [-0.15, -0.1) is 0 Å². The molecule has 0 spiro atoms. The molecule has 148 valence electrons. The minimum Gasteiger partial charge on any atom is -0.378 e. The molecule has 0 radical (unpaired) electrons. The van der Waals surface area contributed by atoms with Crippen molar-refractivity contribution in [2.24, 2.45) is 0 Å². The summed E-state index contributed by atoms with van der Waals surface area (Å²) in [7, 11) is 0. The van der Waals surface area contributed by atoms with Gasteiger partial charge in [0.25, 0.3) is 5.56 Å². The zero-order valence-electron chi connectivity index (χ0n) is 15.4. The minimum atomic E-state index is -0.964. The van der Waals surface area contributed by atoms with Crippen LogP contribution in [0.25, 0.3) is 0 Å². The lowest BCUT2D eigenvalue weighted by Crippen LogP contribution is -2.40. The van der Waals surface area contributed by atoms with E-state index in [4.69, 9.17) is 4.74 Å². The molecular formula is C19H20F2N4O3. The van der Waals surface area contributed by atoms with Crippen LogP contribution in [0.3, 0.4) is 0 Å². The quantitative estimate of drug-likeness (QED) is 0.857. The first-order chi connectivity index (χ1) is 13.4. The van der Waals surface area contributed by atoms with E-state index in [0.29, 0.717) is 38.4 Å². The Morgan fingerprint density at radius 2 is 2.07 bits per heavy atom. The molecule has 1 fully saturated rings. The van der Waals surface area contributed by atoms with Gasteiger partial charge >= 0.3 is 0 Å². The molecule has 2 aromatic rings. The third-order valence-corrected chi connectivity index (χ3v) is 5.05. The Kier molecular flexibility index (Phi) is 4.84. The fourth-order valence-electron chi connectivity index (χ4n) is 3.77. The first-order valence-corrected chi connectivity index (χ1v) is 9.16. The van der Waals surface area contributed by atoms with Crippen LogP contribution in [0.2, 0.25) is 0 Å². The van der Waals surface area contributed by atoms with Crippen LogP contribution in [0.1, 0.15) is 18.3 Å². The van der Waals surface area contributed by atoms with Gasteiger partial charge in [-0.2, -0.15) is 4.39 Å². The van der Waals surface area contributed by atoms with Crippen LogP contribution >= 0.6 is 0 Å². The number of hydrogen-bond acceptors (Lipinski definition) is 5. The largest absolute Gasteiger partial charge is 0.378 e. The average Bonchev–Trinajstić information content (AvgIpc) is 3.00. The second kappa shape index (κ2) is 7.31. The second-order valence-corrected chi connectivity index (χ2v) is 7.02. The number of benzene rings is 1. The van der Waals surface area contributed by atoms with Gasteiger partial charge in [0, 0.05) is 24.8 Å². The highest BCUT2D eigenvalue weighted by atomic mass is 19.1. The number of rotatable bonds is 3. The highest BCUT2D eigenvalue weighted by Gasteiger charge is 2.32. The summed E-state index contributed by atoms with van der Waals surface area (Å²) in [6.45, 7) is 3.54. The molecule has 7 nitrogen and oxygen atoms in total. The van der Waals surface area contributed by atoms with Crippen LogP contribution in [0.4, 0.5) is 20.3 Å². The maximum Gasteiger partial charge on any atom is 0.289 e. The number of anilines is 2. The normalized spacial score (nSPS) is 19.0. The lowest BCUT2D eigenvalue weighted by molar-refractivity contribution is -0.118. The molecule has 0 unspecified atom stereocenters. The number of nitrogens with zero attached hydrogens (tertiary/aromatic N) is 3. The van der Waals surface area contributed by atoms with E-state index in [0.717, 1.165) is 5.56 Å². The summed E-state index contributed by atoms with van der Waals surface area (Å²) in [5, 5.41) is 0. The van der Waals surface area contributed by atoms with Gasteiger partial charge in [-0.05, 0) is 37.1 Å². The molecule has 0 bridgehead atoms. The molecule has 1 N–H and O–H groups in total. The molecule has 0 saturated carbocycles. The van der Waals surface area contributed by atoms with Crippen molar-refractivity contribution in [3.63, 3.8) is 0 Å². The number of ether oxygens (including phenoxy) is 1. The van der Waals surface area contributed by atoms with Crippen LogP contribution in [0.5, 0.6) is 0 Å². The number of fused-ring (bicyclic) bond motifs is 1. The SMILES string of the molecule is C[C@H]1Cc2cc(F)ccc2N1C(=O)Cc1nc(N2CCOCC2)c(F)c(=O)[nH]1. The Morgan fingerprint density at radius 3 is 2.82 bits per heavy atom. The maximum absolute atomic E-state index is 14.3. The Morgan fingerprint density at radius 1 is 1.32 bits per heavy atom. The minimum absolute atomic E-state index is 0.0632. The molecule has 0 aliphatic carbocycles. The number of carbonyl (C=O) groups is 1. The molecular weight excluding hydrogens is 370 g/mol. The second-order valence-electron chi connectivity index (χ2n) is 7.02. The van der Waals surface area contributed by atoms with Gasteiger partial charge in [0.15, 0.2) is 5.82 Å². The van der Waals surface area contributed by atoms with Gasteiger partial charge in [-0.25, -0.2) is 9.37 Å². The number of nitrogens with one attached hydrogen (secondary N) is 1. The van der Waals surface area contributed by atoms with Crippen molar-refractivity contribution in [1.82, 2.24) is 9.97 Å². The molecule has 4 rings (SSSR count). The number of carbonyl (C=O) groups excluding carboxylic acids is 1. The molecule has 28 heavy (non-hydrogen) atoms. The summed E-state index contributed by atoms with van der Waals surface area (Å²) >= 11 is 0. The molecule has 1 aromatic heterocycles. The number of halogens is 2.